The number of rotatable bonds is 3. The lowest BCUT2D eigenvalue weighted by Crippen LogP contribution is -1.85. The minimum absolute atomic E-state index is 0.412. The SMILES string of the molecule is COc1cccc(Sc2nccnc2Cl)c1. The highest BCUT2D eigenvalue weighted by molar-refractivity contribution is 7.99. The summed E-state index contributed by atoms with van der Waals surface area (Å²) in [6, 6.07) is 7.71. The van der Waals surface area contributed by atoms with Crippen molar-refractivity contribution in [2.24, 2.45) is 0 Å². The maximum absolute atomic E-state index is 5.92. The highest BCUT2D eigenvalue weighted by Gasteiger charge is 2.05. The van der Waals surface area contributed by atoms with Gasteiger partial charge in [0.2, 0.25) is 0 Å². The Bertz CT molecular complexity index is 493. The van der Waals surface area contributed by atoms with Crippen molar-refractivity contribution in [2.45, 2.75) is 9.92 Å². The van der Waals surface area contributed by atoms with Crippen LogP contribution in [0.1, 0.15) is 0 Å². The number of benzene rings is 1. The molecule has 0 aliphatic rings. The minimum Gasteiger partial charge on any atom is -0.497 e. The van der Waals surface area contributed by atoms with Crippen LogP contribution in [0.4, 0.5) is 0 Å². The third-order valence-electron chi connectivity index (χ3n) is 1.88. The van der Waals surface area contributed by atoms with E-state index in [1.54, 1.807) is 19.5 Å². The second kappa shape index (κ2) is 5.18. The van der Waals surface area contributed by atoms with Gasteiger partial charge in [-0.1, -0.05) is 29.4 Å². The number of hydrogen-bond donors (Lipinski definition) is 0. The summed E-state index contributed by atoms with van der Waals surface area (Å²) < 4.78 is 5.14. The van der Waals surface area contributed by atoms with Crippen molar-refractivity contribution in [1.29, 1.82) is 0 Å². The lowest BCUT2D eigenvalue weighted by molar-refractivity contribution is 0.413. The molecule has 0 unspecified atom stereocenters. The third-order valence-corrected chi connectivity index (χ3v) is 3.25. The van der Waals surface area contributed by atoms with Crippen molar-refractivity contribution < 1.29 is 4.74 Å². The van der Waals surface area contributed by atoms with Crippen LogP contribution in [0.5, 0.6) is 5.75 Å². The maximum Gasteiger partial charge on any atom is 0.161 e. The van der Waals surface area contributed by atoms with Crippen LogP contribution in [-0.2, 0) is 0 Å². The molecule has 2 rings (SSSR count). The Labute approximate surface area is 103 Å². The molecule has 5 heteroatoms. The van der Waals surface area contributed by atoms with Crippen molar-refractivity contribution in [3.63, 3.8) is 0 Å². The Balaban J connectivity index is 2.24. The maximum atomic E-state index is 5.92. The summed E-state index contributed by atoms with van der Waals surface area (Å²) in [6.45, 7) is 0. The van der Waals surface area contributed by atoms with Gasteiger partial charge in [0.1, 0.15) is 10.8 Å². The summed E-state index contributed by atoms with van der Waals surface area (Å²) in [5.41, 5.74) is 0. The monoisotopic (exact) mass is 252 g/mol. The molecular weight excluding hydrogens is 244 g/mol. The smallest absolute Gasteiger partial charge is 0.161 e. The molecule has 0 saturated heterocycles. The topological polar surface area (TPSA) is 35.0 Å². The molecule has 0 fully saturated rings. The van der Waals surface area contributed by atoms with E-state index in [0.717, 1.165) is 10.6 Å². The van der Waals surface area contributed by atoms with Gasteiger partial charge in [-0.05, 0) is 18.2 Å². The zero-order valence-electron chi connectivity index (χ0n) is 8.55. The zero-order valence-corrected chi connectivity index (χ0v) is 10.1. The van der Waals surface area contributed by atoms with Crippen LogP contribution in [-0.4, -0.2) is 17.1 Å². The fraction of sp³-hybridized carbons (Fsp3) is 0.0909. The van der Waals surface area contributed by atoms with Gasteiger partial charge in [0.25, 0.3) is 0 Å². The largest absolute Gasteiger partial charge is 0.497 e. The summed E-state index contributed by atoms with van der Waals surface area (Å²) in [7, 11) is 1.64. The van der Waals surface area contributed by atoms with Gasteiger partial charge in [0.05, 0.1) is 7.11 Å². The second-order valence-electron chi connectivity index (χ2n) is 2.93. The molecule has 0 saturated carbocycles. The van der Waals surface area contributed by atoms with Crippen molar-refractivity contribution in [3.8, 4) is 5.75 Å². The molecule has 0 atom stereocenters. The molecule has 82 valence electrons. The number of nitrogens with zero attached hydrogens (tertiary/aromatic N) is 2. The molecule has 0 aliphatic heterocycles. The van der Waals surface area contributed by atoms with Gasteiger partial charge in [-0.2, -0.15) is 0 Å². The lowest BCUT2D eigenvalue weighted by Gasteiger charge is -2.04. The fourth-order valence-electron chi connectivity index (χ4n) is 1.15. The number of aromatic nitrogens is 2. The van der Waals surface area contributed by atoms with E-state index >= 15 is 0 Å². The summed E-state index contributed by atoms with van der Waals surface area (Å²) >= 11 is 7.38. The Morgan fingerprint density at radius 3 is 2.81 bits per heavy atom. The summed E-state index contributed by atoms with van der Waals surface area (Å²) in [5, 5.41) is 1.10. The predicted octanol–water partition coefficient (Wildman–Crippen LogP) is 3.29. The number of methoxy groups -OCH3 is 1. The molecule has 0 N–H and O–H groups in total. The highest BCUT2D eigenvalue weighted by Crippen LogP contribution is 2.31. The first-order valence-corrected chi connectivity index (χ1v) is 5.77. The van der Waals surface area contributed by atoms with Gasteiger partial charge in [0, 0.05) is 17.3 Å². The van der Waals surface area contributed by atoms with Crippen molar-refractivity contribution >= 4 is 23.4 Å². The van der Waals surface area contributed by atoms with Gasteiger partial charge in [-0.3, -0.25) is 0 Å². The van der Waals surface area contributed by atoms with E-state index in [0.29, 0.717) is 10.2 Å². The third kappa shape index (κ3) is 2.65. The number of ether oxygens (including phenoxy) is 1. The molecule has 1 aromatic heterocycles. The summed E-state index contributed by atoms with van der Waals surface area (Å²) in [5.74, 6) is 0.810. The molecule has 1 aromatic carbocycles. The molecule has 0 spiro atoms. The van der Waals surface area contributed by atoms with Crippen LogP contribution in [0.3, 0.4) is 0 Å². The highest BCUT2D eigenvalue weighted by atomic mass is 35.5. The fourth-order valence-corrected chi connectivity index (χ4v) is 2.17. The Hall–Kier alpha value is -1.26. The van der Waals surface area contributed by atoms with E-state index in [1.807, 2.05) is 24.3 Å². The van der Waals surface area contributed by atoms with Crippen LogP contribution < -0.4 is 4.74 Å². The molecule has 1 heterocycles. The summed E-state index contributed by atoms with van der Waals surface area (Å²) in [4.78, 5) is 9.14. The van der Waals surface area contributed by atoms with Gasteiger partial charge in [-0.25, -0.2) is 9.97 Å². The van der Waals surface area contributed by atoms with Gasteiger partial charge >= 0.3 is 0 Å². The first-order valence-electron chi connectivity index (χ1n) is 4.58. The first-order chi connectivity index (χ1) is 7.79. The van der Waals surface area contributed by atoms with Gasteiger partial charge in [0.15, 0.2) is 5.15 Å². The van der Waals surface area contributed by atoms with E-state index in [2.05, 4.69) is 9.97 Å². The normalized spacial score (nSPS) is 10.1. The molecular formula is C11H9ClN2OS. The van der Waals surface area contributed by atoms with E-state index in [1.165, 1.54) is 11.8 Å². The molecule has 0 aliphatic carbocycles. The molecule has 0 radical (unpaired) electrons. The first kappa shape index (κ1) is 11.2. The number of halogens is 1. The van der Waals surface area contributed by atoms with E-state index in [9.17, 15) is 0 Å². The van der Waals surface area contributed by atoms with Gasteiger partial charge < -0.3 is 4.74 Å². The molecule has 0 amide bonds. The molecule has 0 bridgehead atoms. The minimum atomic E-state index is 0.412. The van der Waals surface area contributed by atoms with Crippen LogP contribution in [0.25, 0.3) is 0 Å². The van der Waals surface area contributed by atoms with Crippen molar-refractivity contribution in [3.05, 3.63) is 41.8 Å². The summed E-state index contributed by atoms with van der Waals surface area (Å²) in [6.07, 6.45) is 3.19. The Morgan fingerprint density at radius 1 is 1.25 bits per heavy atom. The zero-order chi connectivity index (χ0) is 11.4. The van der Waals surface area contributed by atoms with Crippen molar-refractivity contribution in [1.82, 2.24) is 9.97 Å². The quantitative estimate of drug-likeness (QED) is 0.840. The van der Waals surface area contributed by atoms with Gasteiger partial charge in [-0.15, -0.1) is 0 Å². The second-order valence-corrected chi connectivity index (χ2v) is 4.35. The Morgan fingerprint density at radius 2 is 2.06 bits per heavy atom. The van der Waals surface area contributed by atoms with Crippen LogP contribution in [0.15, 0.2) is 46.6 Å². The average Bonchev–Trinajstić information content (AvgIpc) is 2.32. The average molecular weight is 253 g/mol. The van der Waals surface area contributed by atoms with Crippen LogP contribution >= 0.6 is 23.4 Å². The molecule has 2 aromatic rings. The van der Waals surface area contributed by atoms with E-state index in [-0.39, 0.29) is 0 Å². The molecule has 16 heavy (non-hydrogen) atoms. The van der Waals surface area contributed by atoms with E-state index in [4.69, 9.17) is 16.3 Å². The Kier molecular flexibility index (Phi) is 3.64. The van der Waals surface area contributed by atoms with Crippen LogP contribution in [0.2, 0.25) is 5.15 Å². The number of hydrogen-bond acceptors (Lipinski definition) is 4. The molecule has 3 nitrogen and oxygen atoms in total. The predicted molar refractivity (Wildman–Crippen MR) is 64.2 cm³/mol. The van der Waals surface area contributed by atoms with E-state index < -0.39 is 0 Å². The lowest BCUT2D eigenvalue weighted by atomic mass is 10.3. The standard InChI is InChI=1S/C11H9ClN2OS/c1-15-8-3-2-4-9(7-8)16-11-10(12)13-5-6-14-11/h2-7H,1H3. The van der Waals surface area contributed by atoms with Crippen LogP contribution in [0, 0.1) is 0 Å². The van der Waals surface area contributed by atoms with Crippen molar-refractivity contribution in [2.75, 3.05) is 7.11 Å².